The van der Waals surface area contributed by atoms with Crippen molar-refractivity contribution < 1.29 is 4.74 Å². The minimum absolute atomic E-state index is 0.201. The molecule has 3 fully saturated rings. The lowest BCUT2D eigenvalue weighted by Gasteiger charge is -2.41. The molecule has 0 spiro atoms. The molecule has 2 bridgehead atoms. The molecule has 3 atom stereocenters. The monoisotopic (exact) mass is 334 g/mol. The van der Waals surface area contributed by atoms with Crippen LogP contribution in [-0.4, -0.2) is 90.8 Å². The summed E-state index contributed by atoms with van der Waals surface area (Å²) in [6.45, 7) is 6.74. The molecule has 0 aliphatic carbocycles. The summed E-state index contributed by atoms with van der Waals surface area (Å²) in [6, 6.07) is 0.315. The van der Waals surface area contributed by atoms with Gasteiger partial charge >= 0.3 is 0 Å². The molecule has 4 N–H and O–H groups in total. The zero-order valence-corrected chi connectivity index (χ0v) is 14.8. The average Bonchev–Trinajstić information content (AvgIpc) is 2.90. The van der Waals surface area contributed by atoms with Crippen LogP contribution in [0.4, 0.5) is 0 Å². The largest absolute Gasteiger partial charge is 0.371 e. The summed E-state index contributed by atoms with van der Waals surface area (Å²) in [5.74, 6) is 0.481. The van der Waals surface area contributed by atoms with Gasteiger partial charge in [-0.3, -0.25) is 5.41 Å². The molecule has 2 unspecified atom stereocenters. The minimum atomic E-state index is 0.201. The van der Waals surface area contributed by atoms with Gasteiger partial charge in [0.25, 0.3) is 0 Å². The van der Waals surface area contributed by atoms with Crippen LogP contribution >= 0.6 is 0 Å². The number of morpholine rings is 1. The second-order valence-corrected chi connectivity index (χ2v) is 7.26. The van der Waals surface area contributed by atoms with Crippen molar-refractivity contribution in [2.75, 3.05) is 46.3 Å². The van der Waals surface area contributed by atoms with Crippen molar-refractivity contribution in [2.45, 2.75) is 38.0 Å². The van der Waals surface area contributed by atoms with Crippen LogP contribution in [0.2, 0.25) is 0 Å². The van der Waals surface area contributed by atoms with Crippen molar-refractivity contribution in [1.82, 2.24) is 14.7 Å². The molecular formula is C17H30N6O. The van der Waals surface area contributed by atoms with Crippen molar-refractivity contribution in [1.29, 1.82) is 10.8 Å². The number of likely N-dealkylation sites (tertiary alicyclic amines) is 1. The zero-order valence-electron chi connectivity index (χ0n) is 14.8. The van der Waals surface area contributed by atoms with E-state index in [1.165, 1.54) is 0 Å². The number of fused-ring (bicyclic) bond motifs is 2. The van der Waals surface area contributed by atoms with Gasteiger partial charge in [0.1, 0.15) is 5.84 Å². The number of nitrogens with one attached hydrogen (secondary N) is 2. The van der Waals surface area contributed by atoms with E-state index in [2.05, 4.69) is 28.7 Å². The molecule has 24 heavy (non-hydrogen) atoms. The van der Waals surface area contributed by atoms with Crippen LogP contribution in [0.5, 0.6) is 0 Å². The van der Waals surface area contributed by atoms with E-state index in [9.17, 15) is 0 Å². The molecule has 0 aromatic rings. The van der Waals surface area contributed by atoms with Crippen LogP contribution in [-0.2, 0) is 4.74 Å². The molecule has 3 aliphatic heterocycles. The maximum absolute atomic E-state index is 8.53. The molecule has 3 rings (SSSR count). The number of hydrogen-bond acceptors (Lipinski definition) is 6. The Kier molecular flexibility index (Phi) is 5.22. The minimum Gasteiger partial charge on any atom is -0.371 e. The number of piperazine rings is 1. The third-order valence-corrected chi connectivity index (χ3v) is 5.31. The van der Waals surface area contributed by atoms with Crippen molar-refractivity contribution in [3.63, 3.8) is 0 Å². The van der Waals surface area contributed by atoms with E-state index in [1.54, 1.807) is 0 Å². The van der Waals surface area contributed by atoms with E-state index in [-0.39, 0.29) is 18.8 Å². The molecule has 0 saturated carbocycles. The van der Waals surface area contributed by atoms with E-state index in [0.717, 1.165) is 51.3 Å². The molecule has 3 aliphatic rings. The maximum atomic E-state index is 8.53. The van der Waals surface area contributed by atoms with Crippen LogP contribution in [0.25, 0.3) is 0 Å². The summed E-state index contributed by atoms with van der Waals surface area (Å²) in [5, 5.41) is 16.8. The van der Waals surface area contributed by atoms with Crippen molar-refractivity contribution >= 4 is 11.5 Å². The van der Waals surface area contributed by atoms with Gasteiger partial charge < -0.3 is 30.6 Å². The predicted octanol–water partition coefficient (Wildman–Crippen LogP) is 0.325. The van der Waals surface area contributed by atoms with Gasteiger partial charge in [0, 0.05) is 51.4 Å². The summed E-state index contributed by atoms with van der Waals surface area (Å²) in [5.41, 5.74) is 6.97. The Hall–Kier alpha value is -1.44. The highest BCUT2D eigenvalue weighted by Gasteiger charge is 2.34. The van der Waals surface area contributed by atoms with E-state index in [1.807, 2.05) is 6.08 Å². The number of nitrogens with zero attached hydrogens (tertiary/aromatic N) is 3. The quantitative estimate of drug-likeness (QED) is 0.509. The number of nitrogens with two attached hydrogens (primary N) is 1. The number of rotatable bonds is 4. The van der Waals surface area contributed by atoms with E-state index < -0.39 is 0 Å². The third kappa shape index (κ3) is 3.63. The van der Waals surface area contributed by atoms with Crippen molar-refractivity contribution in [3.05, 3.63) is 11.8 Å². The van der Waals surface area contributed by atoms with Gasteiger partial charge in [-0.15, -0.1) is 0 Å². The fourth-order valence-corrected chi connectivity index (χ4v) is 3.98. The number of ether oxygens (including phenoxy) is 1. The highest BCUT2D eigenvalue weighted by molar-refractivity contribution is 6.04. The number of amidine groups is 1. The fourth-order valence-electron chi connectivity index (χ4n) is 3.98. The highest BCUT2D eigenvalue weighted by atomic mass is 16.5. The SMILES string of the molecule is C[C@@H]1CN(C)CCN1/C(=C/C(=N)N1CC2CCC(C1)O2)C(=N)CN. The number of likely N-dealkylation sites (N-methyl/N-ethyl adjacent to an activating group) is 1. The average molecular weight is 334 g/mol. The smallest absolute Gasteiger partial charge is 0.122 e. The first-order chi connectivity index (χ1) is 11.5. The summed E-state index contributed by atoms with van der Waals surface area (Å²) in [6.07, 6.45) is 4.56. The van der Waals surface area contributed by atoms with Gasteiger partial charge in [-0.2, -0.15) is 0 Å². The topological polar surface area (TPSA) is 92.7 Å². The van der Waals surface area contributed by atoms with Gasteiger partial charge in [0.05, 0.1) is 23.6 Å². The summed E-state index contributed by atoms with van der Waals surface area (Å²) >= 11 is 0. The second-order valence-electron chi connectivity index (χ2n) is 7.26. The van der Waals surface area contributed by atoms with Crippen LogP contribution in [0.15, 0.2) is 11.8 Å². The van der Waals surface area contributed by atoms with Crippen LogP contribution in [0.3, 0.4) is 0 Å². The molecule has 0 amide bonds. The first-order valence-electron chi connectivity index (χ1n) is 8.91. The van der Waals surface area contributed by atoms with Gasteiger partial charge in [-0.05, 0) is 26.8 Å². The first kappa shape index (κ1) is 17.4. The zero-order chi connectivity index (χ0) is 17.3. The normalized spacial score (nSPS) is 31.5. The second kappa shape index (κ2) is 7.21. The van der Waals surface area contributed by atoms with Gasteiger partial charge in [0.2, 0.25) is 0 Å². The Morgan fingerprint density at radius 1 is 1.17 bits per heavy atom. The Bertz CT molecular complexity index is 521. The van der Waals surface area contributed by atoms with E-state index >= 15 is 0 Å². The molecule has 3 saturated heterocycles. The summed E-state index contributed by atoms with van der Waals surface area (Å²) < 4.78 is 5.86. The molecule has 0 radical (unpaired) electrons. The maximum Gasteiger partial charge on any atom is 0.122 e. The van der Waals surface area contributed by atoms with Crippen LogP contribution < -0.4 is 5.73 Å². The standard InChI is InChI=1S/C17H30N6O/c1-12-9-21(2)5-6-23(12)16(15(19)8-18)7-17(20)22-10-13-3-4-14(11-22)24-13/h7,12-14,19-20H,3-6,8-11,18H2,1-2H3/b16-7+,19-15?,20-17?/t12-,13?,14?/m1/s1. The molecular weight excluding hydrogens is 304 g/mol. The Labute approximate surface area is 144 Å². The third-order valence-electron chi connectivity index (χ3n) is 5.31. The highest BCUT2D eigenvalue weighted by Crippen LogP contribution is 2.26. The molecule has 0 aromatic carbocycles. The van der Waals surface area contributed by atoms with E-state index in [0.29, 0.717) is 17.6 Å². The van der Waals surface area contributed by atoms with Crippen molar-refractivity contribution in [2.24, 2.45) is 5.73 Å². The fraction of sp³-hybridized carbons (Fsp3) is 0.765. The van der Waals surface area contributed by atoms with Crippen LogP contribution in [0.1, 0.15) is 19.8 Å². The molecule has 3 heterocycles. The van der Waals surface area contributed by atoms with Gasteiger partial charge in [-0.25, -0.2) is 0 Å². The Morgan fingerprint density at radius 3 is 2.42 bits per heavy atom. The van der Waals surface area contributed by atoms with E-state index in [4.69, 9.17) is 21.3 Å². The lowest BCUT2D eigenvalue weighted by molar-refractivity contribution is -0.0156. The molecule has 134 valence electrons. The lowest BCUT2D eigenvalue weighted by atomic mass is 10.1. The molecule has 7 heteroatoms. The lowest BCUT2D eigenvalue weighted by Crippen LogP contribution is -2.52. The Morgan fingerprint density at radius 2 is 1.83 bits per heavy atom. The molecule has 7 nitrogen and oxygen atoms in total. The van der Waals surface area contributed by atoms with Crippen LogP contribution in [0, 0.1) is 10.8 Å². The van der Waals surface area contributed by atoms with Gasteiger partial charge in [0.15, 0.2) is 0 Å². The molecule has 0 aromatic heterocycles. The first-order valence-corrected chi connectivity index (χ1v) is 8.91. The summed E-state index contributed by atoms with van der Waals surface area (Å²) in [4.78, 5) is 6.63. The van der Waals surface area contributed by atoms with Crippen molar-refractivity contribution in [3.8, 4) is 0 Å². The number of hydrogen-bond donors (Lipinski definition) is 3. The van der Waals surface area contributed by atoms with Gasteiger partial charge in [-0.1, -0.05) is 0 Å². The summed E-state index contributed by atoms with van der Waals surface area (Å²) in [7, 11) is 2.12. The Balaban J connectivity index is 1.76. The predicted molar refractivity (Wildman–Crippen MR) is 95.7 cm³/mol.